The number of halogens is 1. The first-order valence-electron chi connectivity index (χ1n) is 8.59. The Morgan fingerprint density at radius 3 is 2.71 bits per heavy atom. The predicted octanol–water partition coefficient (Wildman–Crippen LogP) is 6.38. The van der Waals surface area contributed by atoms with Crippen LogP contribution < -0.4 is 5.32 Å². The molecule has 1 aliphatic rings. The van der Waals surface area contributed by atoms with Crippen LogP contribution in [0, 0.1) is 24.7 Å². The topological polar surface area (TPSA) is 12.0 Å². The summed E-state index contributed by atoms with van der Waals surface area (Å²) in [4.78, 5) is 0.994. The van der Waals surface area contributed by atoms with Crippen molar-refractivity contribution in [3.8, 4) is 0 Å². The quantitative estimate of drug-likeness (QED) is 0.600. The van der Waals surface area contributed by atoms with Gasteiger partial charge < -0.3 is 5.32 Å². The lowest BCUT2D eigenvalue weighted by atomic mass is 9.98. The summed E-state index contributed by atoms with van der Waals surface area (Å²) in [5.74, 6) is 0.544. The maximum atomic E-state index is 14.1. The van der Waals surface area contributed by atoms with Gasteiger partial charge in [0.05, 0.1) is 0 Å². The SMILES string of the molecule is C=C(Nc1cc(C)c2c(S)cccc2c1)C(C)CC1C(C)C1(C)F. The first-order valence-corrected chi connectivity index (χ1v) is 9.03. The van der Waals surface area contributed by atoms with Crippen LogP contribution in [0.2, 0.25) is 0 Å². The Morgan fingerprint density at radius 1 is 1.42 bits per heavy atom. The summed E-state index contributed by atoms with van der Waals surface area (Å²) in [6.45, 7) is 12.1. The minimum atomic E-state index is -1.00. The molecular formula is C21H26FNS. The molecule has 1 aliphatic carbocycles. The van der Waals surface area contributed by atoms with Gasteiger partial charge in [0.25, 0.3) is 0 Å². The highest BCUT2D eigenvalue weighted by Gasteiger charge is 2.59. The molecule has 1 N–H and O–H groups in total. The normalized spacial score (nSPS) is 27.1. The van der Waals surface area contributed by atoms with Crippen molar-refractivity contribution in [1.29, 1.82) is 0 Å². The third-order valence-corrected chi connectivity index (χ3v) is 6.14. The molecule has 128 valence electrons. The number of rotatable bonds is 5. The molecule has 24 heavy (non-hydrogen) atoms. The van der Waals surface area contributed by atoms with E-state index in [-0.39, 0.29) is 17.8 Å². The van der Waals surface area contributed by atoms with Crippen LogP contribution in [0.4, 0.5) is 10.1 Å². The number of anilines is 1. The van der Waals surface area contributed by atoms with Crippen LogP contribution in [0.5, 0.6) is 0 Å². The Morgan fingerprint density at radius 2 is 2.08 bits per heavy atom. The summed E-state index contributed by atoms with van der Waals surface area (Å²) in [5.41, 5.74) is 2.17. The van der Waals surface area contributed by atoms with Gasteiger partial charge in [-0.15, -0.1) is 12.6 Å². The van der Waals surface area contributed by atoms with Crippen LogP contribution in [-0.2, 0) is 0 Å². The van der Waals surface area contributed by atoms with Crippen molar-refractivity contribution in [2.24, 2.45) is 17.8 Å². The van der Waals surface area contributed by atoms with Gasteiger partial charge in [0, 0.05) is 16.3 Å². The number of aryl methyl sites for hydroxylation is 1. The van der Waals surface area contributed by atoms with Gasteiger partial charge in [-0.05, 0) is 72.6 Å². The summed E-state index contributed by atoms with van der Waals surface area (Å²) in [5, 5.41) is 5.78. The Bertz CT molecular complexity index is 796. The number of hydrogen-bond donors (Lipinski definition) is 2. The Balaban J connectivity index is 1.74. The number of hydrogen-bond acceptors (Lipinski definition) is 2. The highest BCUT2D eigenvalue weighted by atomic mass is 32.1. The molecule has 1 nitrogen and oxygen atoms in total. The molecule has 0 saturated heterocycles. The summed E-state index contributed by atoms with van der Waals surface area (Å²) < 4.78 is 14.1. The standard InChI is InChI=1S/C21H26FNS/c1-12(10-18-14(3)21(18,5)22)15(4)23-17-9-13(2)20-16(11-17)7-6-8-19(20)24/h6-9,11-12,14,18,23-24H,4,10H2,1-3,5H3. The van der Waals surface area contributed by atoms with Gasteiger partial charge in [-0.1, -0.05) is 32.6 Å². The van der Waals surface area contributed by atoms with Crippen molar-refractivity contribution in [2.75, 3.05) is 5.32 Å². The molecule has 2 aromatic rings. The molecule has 0 aromatic heterocycles. The minimum Gasteiger partial charge on any atom is -0.359 e. The Kier molecular flexibility index (Phi) is 4.41. The number of nitrogens with one attached hydrogen (secondary N) is 1. The molecule has 0 heterocycles. The monoisotopic (exact) mass is 343 g/mol. The van der Waals surface area contributed by atoms with Crippen LogP contribution in [0.3, 0.4) is 0 Å². The fourth-order valence-corrected chi connectivity index (χ4v) is 4.14. The van der Waals surface area contributed by atoms with Gasteiger partial charge in [0.15, 0.2) is 0 Å². The van der Waals surface area contributed by atoms with Crippen LogP contribution in [0.25, 0.3) is 10.8 Å². The molecular weight excluding hydrogens is 317 g/mol. The average Bonchev–Trinajstić information content (AvgIpc) is 2.96. The molecule has 1 saturated carbocycles. The van der Waals surface area contributed by atoms with Crippen molar-refractivity contribution < 1.29 is 4.39 Å². The highest BCUT2D eigenvalue weighted by Crippen LogP contribution is 2.56. The summed E-state index contributed by atoms with van der Waals surface area (Å²) in [6.07, 6.45) is 0.841. The second kappa shape index (κ2) is 6.11. The van der Waals surface area contributed by atoms with Gasteiger partial charge in [-0.3, -0.25) is 0 Å². The van der Waals surface area contributed by atoms with Crippen molar-refractivity contribution >= 4 is 29.1 Å². The lowest BCUT2D eigenvalue weighted by molar-refractivity contribution is 0.285. The number of alkyl halides is 1. The van der Waals surface area contributed by atoms with E-state index in [0.29, 0.717) is 0 Å². The second-order valence-electron chi connectivity index (χ2n) is 7.50. The maximum Gasteiger partial charge on any atom is 0.114 e. The van der Waals surface area contributed by atoms with Crippen molar-refractivity contribution in [1.82, 2.24) is 0 Å². The molecule has 0 aliphatic heterocycles. The number of thiol groups is 1. The van der Waals surface area contributed by atoms with E-state index >= 15 is 0 Å². The molecule has 4 unspecified atom stereocenters. The van der Waals surface area contributed by atoms with Gasteiger partial charge in [-0.2, -0.15) is 0 Å². The third kappa shape index (κ3) is 3.06. The molecule has 0 amide bonds. The van der Waals surface area contributed by atoms with E-state index in [4.69, 9.17) is 0 Å². The highest BCUT2D eigenvalue weighted by molar-refractivity contribution is 7.80. The van der Waals surface area contributed by atoms with Gasteiger partial charge in [-0.25, -0.2) is 4.39 Å². The lowest BCUT2D eigenvalue weighted by Gasteiger charge is -2.18. The van der Waals surface area contributed by atoms with Crippen LogP contribution in [0.15, 0.2) is 47.5 Å². The van der Waals surface area contributed by atoms with Crippen LogP contribution >= 0.6 is 12.6 Å². The molecule has 4 atom stereocenters. The first kappa shape index (κ1) is 17.3. The zero-order chi connectivity index (χ0) is 17.6. The Labute approximate surface area is 149 Å². The molecule has 3 rings (SSSR count). The van der Waals surface area contributed by atoms with E-state index < -0.39 is 5.67 Å². The molecule has 0 radical (unpaired) electrons. The minimum absolute atomic E-state index is 0.149. The molecule has 2 aromatic carbocycles. The molecule has 1 fully saturated rings. The van der Waals surface area contributed by atoms with Crippen LogP contribution in [-0.4, -0.2) is 5.67 Å². The molecule has 0 spiro atoms. The fourth-order valence-electron chi connectivity index (χ4n) is 3.75. The van der Waals surface area contributed by atoms with Gasteiger partial charge in [0.1, 0.15) is 5.67 Å². The van der Waals surface area contributed by atoms with E-state index in [9.17, 15) is 4.39 Å². The smallest absolute Gasteiger partial charge is 0.114 e. The van der Waals surface area contributed by atoms with E-state index in [0.717, 1.165) is 28.1 Å². The summed E-state index contributed by atoms with van der Waals surface area (Å²) in [7, 11) is 0. The van der Waals surface area contributed by atoms with E-state index in [1.807, 2.05) is 19.1 Å². The van der Waals surface area contributed by atoms with Gasteiger partial charge >= 0.3 is 0 Å². The summed E-state index contributed by atoms with van der Waals surface area (Å²) in [6, 6.07) is 10.4. The second-order valence-corrected chi connectivity index (χ2v) is 7.98. The number of fused-ring (bicyclic) bond motifs is 1. The molecule has 0 bridgehead atoms. The van der Waals surface area contributed by atoms with Crippen LogP contribution in [0.1, 0.15) is 32.8 Å². The summed E-state index contributed by atoms with van der Waals surface area (Å²) >= 11 is 4.55. The fraction of sp³-hybridized carbons (Fsp3) is 0.429. The average molecular weight is 344 g/mol. The maximum absolute atomic E-state index is 14.1. The lowest BCUT2D eigenvalue weighted by Crippen LogP contribution is -2.10. The third-order valence-electron chi connectivity index (χ3n) is 5.77. The Hall–Kier alpha value is -1.48. The number of allylic oxidation sites excluding steroid dienone is 1. The van der Waals surface area contributed by atoms with E-state index in [2.05, 4.69) is 56.6 Å². The van der Waals surface area contributed by atoms with E-state index in [1.165, 1.54) is 10.9 Å². The zero-order valence-corrected chi connectivity index (χ0v) is 15.8. The number of benzene rings is 2. The van der Waals surface area contributed by atoms with Crippen molar-refractivity contribution in [3.05, 3.63) is 48.2 Å². The van der Waals surface area contributed by atoms with Crippen molar-refractivity contribution in [3.63, 3.8) is 0 Å². The van der Waals surface area contributed by atoms with Crippen molar-refractivity contribution in [2.45, 2.75) is 44.7 Å². The van der Waals surface area contributed by atoms with E-state index in [1.54, 1.807) is 6.92 Å². The molecule has 3 heteroatoms. The first-order chi connectivity index (χ1) is 11.2. The predicted molar refractivity (Wildman–Crippen MR) is 105 cm³/mol. The largest absolute Gasteiger partial charge is 0.359 e. The zero-order valence-electron chi connectivity index (χ0n) is 14.9. The van der Waals surface area contributed by atoms with Gasteiger partial charge in [0.2, 0.25) is 0 Å².